The SMILES string of the molecule is CCN1CCOC(CNC(=O)c2cccc(C)c2Br)C1. The average Bonchev–Trinajstić information content (AvgIpc) is 2.48. The van der Waals surface area contributed by atoms with Crippen LogP contribution in [0.2, 0.25) is 0 Å². The van der Waals surface area contributed by atoms with Gasteiger partial charge in [0.1, 0.15) is 0 Å². The number of benzene rings is 1. The number of morpholine rings is 1. The molecule has 5 heteroatoms. The molecular formula is C15H21BrN2O2. The lowest BCUT2D eigenvalue weighted by atomic mass is 10.1. The van der Waals surface area contributed by atoms with Crippen LogP contribution in [0.1, 0.15) is 22.8 Å². The standard InChI is InChI=1S/C15H21BrN2O2/c1-3-18-7-8-20-12(10-18)9-17-15(19)13-6-4-5-11(2)14(13)16/h4-6,12H,3,7-10H2,1-2H3,(H,17,19). The second kappa shape index (κ2) is 7.20. The van der Waals surface area contributed by atoms with Crippen molar-refractivity contribution < 1.29 is 9.53 Å². The first-order valence-electron chi connectivity index (χ1n) is 6.99. The number of ether oxygens (including phenoxy) is 1. The highest BCUT2D eigenvalue weighted by molar-refractivity contribution is 9.10. The molecule has 1 fully saturated rings. The summed E-state index contributed by atoms with van der Waals surface area (Å²) in [5.74, 6) is -0.0576. The summed E-state index contributed by atoms with van der Waals surface area (Å²) in [6.07, 6.45) is 0.0798. The van der Waals surface area contributed by atoms with Crippen LogP contribution in [0.5, 0.6) is 0 Å². The van der Waals surface area contributed by atoms with E-state index in [0.29, 0.717) is 12.1 Å². The van der Waals surface area contributed by atoms with Gasteiger partial charge in [-0.2, -0.15) is 0 Å². The minimum atomic E-state index is -0.0576. The van der Waals surface area contributed by atoms with Crippen LogP contribution >= 0.6 is 15.9 Å². The fraction of sp³-hybridized carbons (Fsp3) is 0.533. The van der Waals surface area contributed by atoms with Crippen molar-refractivity contribution in [1.82, 2.24) is 10.2 Å². The van der Waals surface area contributed by atoms with Crippen molar-refractivity contribution in [2.45, 2.75) is 20.0 Å². The van der Waals surface area contributed by atoms with E-state index < -0.39 is 0 Å². The van der Waals surface area contributed by atoms with Crippen molar-refractivity contribution in [2.75, 3.05) is 32.8 Å². The van der Waals surface area contributed by atoms with E-state index in [4.69, 9.17) is 4.74 Å². The zero-order valence-electron chi connectivity index (χ0n) is 12.0. The van der Waals surface area contributed by atoms with Gasteiger partial charge in [0.05, 0.1) is 18.3 Å². The first-order valence-corrected chi connectivity index (χ1v) is 7.78. The van der Waals surface area contributed by atoms with Crippen molar-refractivity contribution in [1.29, 1.82) is 0 Å². The molecule has 1 heterocycles. The number of nitrogens with one attached hydrogen (secondary N) is 1. The van der Waals surface area contributed by atoms with E-state index >= 15 is 0 Å². The van der Waals surface area contributed by atoms with Gasteiger partial charge in [0.25, 0.3) is 5.91 Å². The lowest BCUT2D eigenvalue weighted by molar-refractivity contribution is -0.0246. The molecule has 0 aliphatic carbocycles. The number of hydrogen-bond donors (Lipinski definition) is 1. The van der Waals surface area contributed by atoms with Crippen LogP contribution in [0.4, 0.5) is 0 Å². The van der Waals surface area contributed by atoms with Gasteiger partial charge in [0.15, 0.2) is 0 Å². The average molecular weight is 341 g/mol. The molecule has 0 saturated carbocycles. The van der Waals surface area contributed by atoms with Gasteiger partial charge in [-0.15, -0.1) is 0 Å². The first kappa shape index (κ1) is 15.5. The van der Waals surface area contributed by atoms with Crippen LogP contribution in [-0.2, 0) is 4.74 Å². The molecule has 2 rings (SSSR count). The smallest absolute Gasteiger partial charge is 0.252 e. The second-order valence-electron chi connectivity index (χ2n) is 5.03. The molecule has 1 aliphatic rings. The molecule has 1 atom stereocenters. The highest BCUT2D eigenvalue weighted by atomic mass is 79.9. The van der Waals surface area contributed by atoms with Crippen molar-refractivity contribution >= 4 is 21.8 Å². The highest BCUT2D eigenvalue weighted by Gasteiger charge is 2.20. The van der Waals surface area contributed by atoms with Gasteiger partial charge in [-0.3, -0.25) is 9.69 Å². The molecule has 110 valence electrons. The topological polar surface area (TPSA) is 41.6 Å². The Labute approximate surface area is 128 Å². The maximum absolute atomic E-state index is 12.2. The van der Waals surface area contributed by atoms with E-state index in [-0.39, 0.29) is 12.0 Å². The number of carbonyl (C=O) groups is 1. The Balaban J connectivity index is 1.90. The van der Waals surface area contributed by atoms with E-state index in [1.54, 1.807) is 0 Å². The summed E-state index contributed by atoms with van der Waals surface area (Å²) in [6.45, 7) is 8.29. The molecule has 20 heavy (non-hydrogen) atoms. The maximum atomic E-state index is 12.2. The Kier molecular flexibility index (Phi) is 5.57. The van der Waals surface area contributed by atoms with Crippen molar-refractivity contribution in [3.05, 3.63) is 33.8 Å². The molecule has 1 aromatic carbocycles. The Hall–Kier alpha value is -0.910. The third-order valence-electron chi connectivity index (χ3n) is 3.60. The number of halogens is 1. The molecule has 1 N–H and O–H groups in total. The Morgan fingerprint density at radius 1 is 1.55 bits per heavy atom. The number of hydrogen-bond acceptors (Lipinski definition) is 3. The van der Waals surface area contributed by atoms with E-state index in [0.717, 1.165) is 36.3 Å². The van der Waals surface area contributed by atoms with E-state index in [9.17, 15) is 4.79 Å². The maximum Gasteiger partial charge on any atom is 0.252 e. The van der Waals surface area contributed by atoms with Gasteiger partial charge in [0, 0.05) is 24.1 Å². The zero-order valence-corrected chi connectivity index (χ0v) is 13.6. The van der Waals surface area contributed by atoms with Gasteiger partial charge in [-0.05, 0) is 41.0 Å². The fourth-order valence-corrected chi connectivity index (χ4v) is 2.76. The number of likely N-dealkylation sites (N-methyl/N-ethyl adjacent to an activating group) is 1. The predicted molar refractivity (Wildman–Crippen MR) is 83.1 cm³/mol. The summed E-state index contributed by atoms with van der Waals surface area (Å²) in [7, 11) is 0. The number of amides is 1. The number of carbonyl (C=O) groups excluding carboxylic acids is 1. The Bertz CT molecular complexity index is 479. The third kappa shape index (κ3) is 3.81. The summed E-state index contributed by atoms with van der Waals surface area (Å²) in [5.41, 5.74) is 1.73. The summed E-state index contributed by atoms with van der Waals surface area (Å²) in [6, 6.07) is 5.70. The molecule has 1 aliphatic heterocycles. The van der Waals surface area contributed by atoms with Crippen LogP contribution in [0, 0.1) is 6.92 Å². The lowest BCUT2D eigenvalue weighted by Gasteiger charge is -2.32. The lowest BCUT2D eigenvalue weighted by Crippen LogP contribution is -2.47. The van der Waals surface area contributed by atoms with E-state index in [1.165, 1.54) is 0 Å². The number of nitrogens with zero attached hydrogens (tertiary/aromatic N) is 1. The summed E-state index contributed by atoms with van der Waals surface area (Å²) >= 11 is 3.47. The van der Waals surface area contributed by atoms with E-state index in [1.807, 2.05) is 25.1 Å². The zero-order chi connectivity index (χ0) is 14.5. The van der Waals surface area contributed by atoms with E-state index in [2.05, 4.69) is 33.1 Å². The quantitative estimate of drug-likeness (QED) is 0.913. The number of rotatable bonds is 4. The molecule has 0 aromatic heterocycles. The molecule has 0 spiro atoms. The van der Waals surface area contributed by atoms with Gasteiger partial charge in [-0.1, -0.05) is 19.1 Å². The van der Waals surface area contributed by atoms with Gasteiger partial charge in [0.2, 0.25) is 0 Å². The first-order chi connectivity index (χ1) is 9.61. The predicted octanol–water partition coefficient (Wildman–Crippen LogP) is 2.21. The second-order valence-corrected chi connectivity index (χ2v) is 5.83. The van der Waals surface area contributed by atoms with Crippen LogP contribution in [0.25, 0.3) is 0 Å². The van der Waals surface area contributed by atoms with Crippen LogP contribution in [0.15, 0.2) is 22.7 Å². The third-order valence-corrected chi connectivity index (χ3v) is 4.65. The highest BCUT2D eigenvalue weighted by Crippen LogP contribution is 2.20. The monoisotopic (exact) mass is 340 g/mol. The molecule has 4 nitrogen and oxygen atoms in total. The van der Waals surface area contributed by atoms with Crippen LogP contribution in [-0.4, -0.2) is 49.7 Å². The van der Waals surface area contributed by atoms with Crippen LogP contribution < -0.4 is 5.32 Å². The molecule has 0 radical (unpaired) electrons. The van der Waals surface area contributed by atoms with Crippen LogP contribution in [0.3, 0.4) is 0 Å². The summed E-state index contributed by atoms with van der Waals surface area (Å²) in [5, 5.41) is 2.96. The molecule has 1 amide bonds. The normalized spacial score (nSPS) is 19.9. The summed E-state index contributed by atoms with van der Waals surface area (Å²) in [4.78, 5) is 14.5. The van der Waals surface area contributed by atoms with Gasteiger partial charge < -0.3 is 10.1 Å². The molecule has 1 aromatic rings. The van der Waals surface area contributed by atoms with Crippen molar-refractivity contribution in [3.8, 4) is 0 Å². The van der Waals surface area contributed by atoms with Gasteiger partial charge in [-0.25, -0.2) is 0 Å². The number of aryl methyl sites for hydroxylation is 1. The Morgan fingerprint density at radius 3 is 3.10 bits per heavy atom. The Morgan fingerprint density at radius 2 is 2.35 bits per heavy atom. The molecule has 0 bridgehead atoms. The minimum absolute atomic E-state index is 0.0576. The van der Waals surface area contributed by atoms with Gasteiger partial charge >= 0.3 is 0 Å². The fourth-order valence-electron chi connectivity index (χ4n) is 2.32. The molecule has 1 unspecified atom stereocenters. The summed E-state index contributed by atoms with van der Waals surface area (Å²) < 4.78 is 6.54. The van der Waals surface area contributed by atoms with Crippen molar-refractivity contribution in [2.24, 2.45) is 0 Å². The molecule has 1 saturated heterocycles. The van der Waals surface area contributed by atoms with Crippen molar-refractivity contribution in [3.63, 3.8) is 0 Å². The largest absolute Gasteiger partial charge is 0.374 e. The minimum Gasteiger partial charge on any atom is -0.374 e. The molecular weight excluding hydrogens is 320 g/mol.